The molecule has 0 bridgehead atoms. The Morgan fingerprint density at radius 1 is 1.29 bits per heavy atom. The summed E-state index contributed by atoms with van der Waals surface area (Å²) in [5, 5.41) is 7.96. The summed E-state index contributed by atoms with van der Waals surface area (Å²) in [5.41, 5.74) is 4.41. The van der Waals surface area contributed by atoms with Gasteiger partial charge in [0.15, 0.2) is 0 Å². The molecule has 3 heteroatoms. The minimum absolute atomic E-state index is 0.327. The number of rotatable bonds is 3. The Morgan fingerprint density at radius 2 is 2.04 bits per heavy atom. The number of halogens is 1. The van der Waals surface area contributed by atoms with Crippen LogP contribution in [0.1, 0.15) is 43.7 Å². The van der Waals surface area contributed by atoms with Crippen LogP contribution >= 0.6 is 11.6 Å². The monoisotopic (exact) mass is 344 g/mol. The molecule has 0 aromatic heterocycles. The molecule has 1 aromatic carbocycles. The third-order valence-corrected chi connectivity index (χ3v) is 6.04. The smallest absolute Gasteiger partial charge is 0.0542 e. The van der Waals surface area contributed by atoms with Crippen LogP contribution in [-0.4, -0.2) is 19.1 Å². The van der Waals surface area contributed by atoms with Crippen LogP contribution < -0.4 is 10.6 Å². The molecule has 2 nitrogen and oxygen atoms in total. The second-order valence-electron chi connectivity index (χ2n) is 7.20. The highest BCUT2D eigenvalue weighted by molar-refractivity contribution is 6.30. The minimum atomic E-state index is 0.327. The fraction of sp³-hybridized carbons (Fsp3) is 0.524. The molecule has 3 atom stereocenters. The van der Waals surface area contributed by atoms with E-state index in [9.17, 15) is 0 Å². The minimum Gasteiger partial charge on any atom is -0.384 e. The Hall–Kier alpha value is -1.25. The molecule has 3 unspecified atom stereocenters. The van der Waals surface area contributed by atoms with Crippen LogP contribution in [0.2, 0.25) is 5.02 Å². The van der Waals surface area contributed by atoms with Crippen LogP contribution in [0.15, 0.2) is 42.6 Å². The third-order valence-electron chi connectivity index (χ3n) is 5.80. The highest BCUT2D eigenvalue weighted by atomic mass is 35.5. The largest absolute Gasteiger partial charge is 0.384 e. The molecule has 1 aliphatic heterocycles. The molecule has 1 aromatic rings. The highest BCUT2D eigenvalue weighted by Gasteiger charge is 2.38. The van der Waals surface area contributed by atoms with Crippen molar-refractivity contribution in [2.75, 3.05) is 13.1 Å². The van der Waals surface area contributed by atoms with E-state index in [0.29, 0.717) is 23.8 Å². The van der Waals surface area contributed by atoms with Crippen molar-refractivity contribution in [3.05, 3.63) is 58.8 Å². The molecular formula is C21H29ClN2. The molecule has 3 rings (SSSR count). The van der Waals surface area contributed by atoms with Gasteiger partial charge in [0.25, 0.3) is 0 Å². The van der Waals surface area contributed by atoms with Gasteiger partial charge in [0, 0.05) is 10.9 Å². The van der Waals surface area contributed by atoms with E-state index >= 15 is 0 Å². The SMILES string of the molecule is C=CNC1/C(=C\C)C(C)Cc2cc(Cl)ccc2C1C1CCNCC1. The summed E-state index contributed by atoms with van der Waals surface area (Å²) in [6.45, 7) is 10.7. The van der Waals surface area contributed by atoms with Crippen LogP contribution in [-0.2, 0) is 6.42 Å². The molecule has 0 saturated carbocycles. The number of fused-ring (bicyclic) bond motifs is 1. The summed E-state index contributed by atoms with van der Waals surface area (Å²) in [6.07, 6.45) is 7.70. The fourth-order valence-electron chi connectivity index (χ4n) is 4.74. The lowest BCUT2D eigenvalue weighted by molar-refractivity contribution is 0.286. The van der Waals surface area contributed by atoms with Crippen molar-refractivity contribution < 1.29 is 0 Å². The van der Waals surface area contributed by atoms with Gasteiger partial charge in [-0.05, 0) is 86.1 Å². The van der Waals surface area contributed by atoms with E-state index in [1.165, 1.54) is 29.5 Å². The molecular weight excluding hydrogens is 316 g/mol. The summed E-state index contributed by atoms with van der Waals surface area (Å²) in [7, 11) is 0. The summed E-state index contributed by atoms with van der Waals surface area (Å²) in [5.74, 6) is 1.67. The molecule has 1 saturated heterocycles. The second kappa shape index (κ2) is 7.76. The van der Waals surface area contributed by atoms with E-state index < -0.39 is 0 Å². The van der Waals surface area contributed by atoms with Crippen LogP contribution in [0.5, 0.6) is 0 Å². The van der Waals surface area contributed by atoms with Gasteiger partial charge >= 0.3 is 0 Å². The lowest BCUT2D eigenvalue weighted by Crippen LogP contribution is -2.41. The number of piperidine rings is 1. The number of allylic oxidation sites excluding steroid dienone is 1. The highest BCUT2D eigenvalue weighted by Crippen LogP contribution is 2.43. The van der Waals surface area contributed by atoms with Gasteiger partial charge in [0.05, 0.1) is 6.04 Å². The Labute approximate surface area is 151 Å². The van der Waals surface area contributed by atoms with Gasteiger partial charge in [-0.25, -0.2) is 0 Å². The van der Waals surface area contributed by atoms with Crippen LogP contribution in [0.3, 0.4) is 0 Å². The van der Waals surface area contributed by atoms with E-state index in [1.54, 1.807) is 0 Å². The summed E-state index contributed by atoms with van der Waals surface area (Å²) >= 11 is 6.32. The van der Waals surface area contributed by atoms with Crippen LogP contribution in [0.4, 0.5) is 0 Å². The quantitative estimate of drug-likeness (QED) is 0.615. The maximum Gasteiger partial charge on any atom is 0.0542 e. The number of hydrogen-bond donors (Lipinski definition) is 2. The summed E-state index contributed by atoms with van der Waals surface area (Å²) < 4.78 is 0. The first-order valence-corrected chi connectivity index (χ1v) is 9.55. The molecule has 2 aliphatic rings. The number of nitrogens with one attached hydrogen (secondary N) is 2. The van der Waals surface area contributed by atoms with Crippen molar-refractivity contribution >= 4 is 11.6 Å². The Morgan fingerprint density at radius 3 is 2.71 bits per heavy atom. The average Bonchev–Trinajstić information content (AvgIpc) is 2.69. The zero-order chi connectivity index (χ0) is 17.1. The lowest BCUT2D eigenvalue weighted by Gasteiger charge is -2.38. The average molecular weight is 345 g/mol. The summed E-state index contributed by atoms with van der Waals surface area (Å²) in [4.78, 5) is 0. The zero-order valence-electron chi connectivity index (χ0n) is 14.8. The van der Waals surface area contributed by atoms with Crippen LogP contribution in [0, 0.1) is 11.8 Å². The van der Waals surface area contributed by atoms with Crippen molar-refractivity contribution in [3.8, 4) is 0 Å². The predicted octanol–water partition coefficient (Wildman–Crippen LogP) is 4.66. The third kappa shape index (κ3) is 3.41. The number of benzene rings is 1. The van der Waals surface area contributed by atoms with E-state index in [2.05, 4.69) is 55.3 Å². The number of hydrogen-bond acceptors (Lipinski definition) is 2. The van der Waals surface area contributed by atoms with Gasteiger partial charge < -0.3 is 10.6 Å². The zero-order valence-corrected chi connectivity index (χ0v) is 15.6. The van der Waals surface area contributed by atoms with Gasteiger partial charge in [-0.15, -0.1) is 0 Å². The maximum absolute atomic E-state index is 6.32. The van der Waals surface area contributed by atoms with Crippen molar-refractivity contribution in [1.82, 2.24) is 10.6 Å². The molecule has 0 spiro atoms. The van der Waals surface area contributed by atoms with Crippen molar-refractivity contribution in [1.29, 1.82) is 0 Å². The van der Waals surface area contributed by atoms with E-state index in [4.69, 9.17) is 11.6 Å². The first kappa shape index (κ1) is 17.6. The molecule has 1 fully saturated rings. The molecule has 2 N–H and O–H groups in total. The van der Waals surface area contributed by atoms with Gasteiger partial charge in [0.1, 0.15) is 0 Å². The molecule has 0 amide bonds. The first-order chi connectivity index (χ1) is 11.7. The topological polar surface area (TPSA) is 24.1 Å². The molecule has 0 radical (unpaired) electrons. The summed E-state index contributed by atoms with van der Waals surface area (Å²) in [6, 6.07) is 6.84. The first-order valence-electron chi connectivity index (χ1n) is 9.17. The fourth-order valence-corrected chi connectivity index (χ4v) is 4.93. The second-order valence-corrected chi connectivity index (χ2v) is 7.64. The molecule has 24 heavy (non-hydrogen) atoms. The lowest BCUT2D eigenvalue weighted by atomic mass is 9.73. The van der Waals surface area contributed by atoms with Gasteiger partial charge in [-0.1, -0.05) is 37.2 Å². The molecule has 130 valence electrons. The predicted molar refractivity (Wildman–Crippen MR) is 104 cm³/mol. The molecule has 1 heterocycles. The van der Waals surface area contributed by atoms with Gasteiger partial charge in [-0.3, -0.25) is 0 Å². The Balaban J connectivity index is 2.11. The van der Waals surface area contributed by atoms with Crippen molar-refractivity contribution in [2.45, 2.75) is 45.1 Å². The van der Waals surface area contributed by atoms with Crippen LogP contribution in [0.25, 0.3) is 0 Å². The standard InChI is InChI=1S/C21H29ClN2/c1-4-18-14(3)12-16-13-17(22)6-7-19(16)20(21(18)24-5-2)15-8-10-23-11-9-15/h4-7,13-15,20-21,23-24H,2,8-12H2,1,3H3/b18-4-. The van der Waals surface area contributed by atoms with E-state index in [1.807, 2.05) is 6.20 Å². The van der Waals surface area contributed by atoms with E-state index in [-0.39, 0.29) is 0 Å². The van der Waals surface area contributed by atoms with Gasteiger partial charge in [0.2, 0.25) is 0 Å². The molecule has 1 aliphatic carbocycles. The van der Waals surface area contributed by atoms with E-state index in [0.717, 1.165) is 24.5 Å². The van der Waals surface area contributed by atoms with Crippen molar-refractivity contribution in [3.63, 3.8) is 0 Å². The Bertz CT molecular complexity index is 616. The van der Waals surface area contributed by atoms with Crippen molar-refractivity contribution in [2.24, 2.45) is 11.8 Å². The van der Waals surface area contributed by atoms with Gasteiger partial charge in [-0.2, -0.15) is 0 Å². The normalized spacial score (nSPS) is 29.8. The maximum atomic E-state index is 6.32. The Kier molecular flexibility index (Phi) is 5.68.